The van der Waals surface area contributed by atoms with Gasteiger partial charge in [-0.05, 0) is 103 Å². The van der Waals surface area contributed by atoms with Gasteiger partial charge < -0.3 is 25.6 Å². The van der Waals surface area contributed by atoms with Crippen molar-refractivity contribution in [3.05, 3.63) is 95.9 Å². The van der Waals surface area contributed by atoms with Crippen molar-refractivity contribution in [2.45, 2.75) is 70.8 Å². The highest BCUT2D eigenvalue weighted by atomic mass is 16.5. The SMILES string of the molecule is C[C@]12C=CC(=O)C=C1CC[C@@H]1C2[C@@H](O)C[C@@]2(C)C1CC[C@@H]2C(=O)COC(=O)C1CC1C(=O)OCCc1ccc(C(CN)C(=O)Nc2ccc3cnccc3c2)cc1. The molecule has 0 saturated heterocycles. The zero-order valence-corrected chi connectivity index (χ0v) is 32.5. The molecule has 4 saturated carbocycles. The molecule has 5 aliphatic carbocycles. The molecule has 0 bridgehead atoms. The summed E-state index contributed by atoms with van der Waals surface area (Å²) in [4.78, 5) is 68.7. The fourth-order valence-corrected chi connectivity index (χ4v) is 11.0. The number of nitrogens with two attached hydrogens (primary N) is 1. The van der Waals surface area contributed by atoms with Crippen LogP contribution in [0.15, 0.2) is 84.7 Å². The number of benzene rings is 2. The number of aromatic nitrogens is 1. The molecule has 0 aliphatic heterocycles. The first-order chi connectivity index (χ1) is 27.4. The number of amides is 1. The molecule has 3 aromatic rings. The monoisotopic (exact) mass is 773 g/mol. The van der Waals surface area contributed by atoms with Gasteiger partial charge in [0.2, 0.25) is 5.91 Å². The Morgan fingerprint density at radius 3 is 2.53 bits per heavy atom. The Bertz CT molecular complexity index is 2160. The van der Waals surface area contributed by atoms with E-state index in [-0.39, 0.29) is 66.3 Å². The van der Waals surface area contributed by atoms with Crippen LogP contribution < -0.4 is 11.1 Å². The van der Waals surface area contributed by atoms with E-state index in [1.807, 2.05) is 54.6 Å². The number of nitrogens with one attached hydrogen (secondary N) is 1. The summed E-state index contributed by atoms with van der Waals surface area (Å²) in [5.41, 5.74) is 8.71. The normalized spacial score (nSPS) is 31.6. The number of rotatable bonds is 12. The summed E-state index contributed by atoms with van der Waals surface area (Å²) in [5.74, 6) is -2.94. The molecule has 2 aromatic carbocycles. The lowest BCUT2D eigenvalue weighted by Gasteiger charge is -2.58. The molecule has 1 amide bonds. The number of nitrogens with zero attached hydrogens (tertiary/aromatic N) is 1. The summed E-state index contributed by atoms with van der Waals surface area (Å²) >= 11 is 0. The minimum Gasteiger partial charge on any atom is -0.465 e. The first kappa shape index (κ1) is 38.9. The molecule has 0 spiro atoms. The van der Waals surface area contributed by atoms with Crippen LogP contribution >= 0.6 is 0 Å². The molecule has 11 heteroatoms. The molecule has 298 valence electrons. The minimum absolute atomic E-state index is 0.00344. The Kier molecular flexibility index (Phi) is 10.5. The maximum absolute atomic E-state index is 13.6. The number of allylic oxidation sites excluding steroid dienone is 4. The van der Waals surface area contributed by atoms with E-state index in [1.165, 1.54) is 0 Å². The van der Waals surface area contributed by atoms with E-state index in [0.717, 1.165) is 46.7 Å². The van der Waals surface area contributed by atoms with Crippen LogP contribution in [0.1, 0.15) is 69.4 Å². The van der Waals surface area contributed by atoms with Gasteiger partial charge in [0.1, 0.15) is 6.61 Å². The third-order valence-corrected chi connectivity index (χ3v) is 14.1. The largest absolute Gasteiger partial charge is 0.465 e. The van der Waals surface area contributed by atoms with Gasteiger partial charge in [-0.2, -0.15) is 0 Å². The average molecular weight is 774 g/mol. The summed E-state index contributed by atoms with van der Waals surface area (Å²) in [7, 11) is 0. The quantitative estimate of drug-likeness (QED) is 0.195. The molecule has 0 radical (unpaired) electrons. The molecule has 5 aliphatic rings. The molecular formula is C46H51N3O8. The van der Waals surface area contributed by atoms with Crippen LogP contribution in [0.2, 0.25) is 0 Å². The van der Waals surface area contributed by atoms with Crippen molar-refractivity contribution in [1.82, 2.24) is 4.98 Å². The second-order valence-corrected chi connectivity index (χ2v) is 17.3. The highest BCUT2D eigenvalue weighted by Gasteiger charge is 2.62. The summed E-state index contributed by atoms with van der Waals surface area (Å²) < 4.78 is 11.0. The molecule has 11 nitrogen and oxygen atoms in total. The maximum atomic E-state index is 13.6. The second kappa shape index (κ2) is 15.4. The van der Waals surface area contributed by atoms with Gasteiger partial charge in [-0.3, -0.25) is 29.0 Å². The number of aliphatic hydroxyl groups excluding tert-OH is 1. The van der Waals surface area contributed by atoms with Crippen LogP contribution in [-0.2, 0) is 39.9 Å². The number of pyridine rings is 1. The summed E-state index contributed by atoms with van der Waals surface area (Å²) in [6, 6.07) is 15.0. The number of anilines is 1. The Morgan fingerprint density at radius 1 is 0.982 bits per heavy atom. The minimum atomic E-state index is -0.625. The topological polar surface area (TPSA) is 175 Å². The van der Waals surface area contributed by atoms with E-state index >= 15 is 0 Å². The Hall–Kier alpha value is -5.00. The lowest BCUT2D eigenvalue weighted by Crippen LogP contribution is -2.56. The maximum Gasteiger partial charge on any atom is 0.310 e. The number of ether oxygens (including phenoxy) is 2. The van der Waals surface area contributed by atoms with Crippen LogP contribution in [-0.4, -0.2) is 65.4 Å². The number of esters is 2. The number of aliphatic hydroxyl groups is 1. The van der Waals surface area contributed by atoms with E-state index in [9.17, 15) is 29.1 Å². The van der Waals surface area contributed by atoms with Gasteiger partial charge in [-0.1, -0.05) is 55.8 Å². The van der Waals surface area contributed by atoms with Gasteiger partial charge in [0.15, 0.2) is 11.6 Å². The molecule has 57 heavy (non-hydrogen) atoms. The average Bonchev–Trinajstić information content (AvgIpc) is 3.93. The summed E-state index contributed by atoms with van der Waals surface area (Å²) in [6.07, 6.45) is 12.8. The first-order valence-corrected chi connectivity index (χ1v) is 20.3. The van der Waals surface area contributed by atoms with Crippen molar-refractivity contribution < 1.29 is 38.6 Å². The number of fused-ring (bicyclic) bond motifs is 6. The van der Waals surface area contributed by atoms with Crippen LogP contribution in [0.4, 0.5) is 5.69 Å². The Labute approximate surface area is 332 Å². The van der Waals surface area contributed by atoms with Crippen molar-refractivity contribution in [1.29, 1.82) is 0 Å². The van der Waals surface area contributed by atoms with Crippen LogP contribution in [0.5, 0.6) is 0 Å². The van der Waals surface area contributed by atoms with E-state index in [4.69, 9.17) is 15.2 Å². The van der Waals surface area contributed by atoms with Gasteiger partial charge in [0, 0.05) is 53.7 Å². The van der Waals surface area contributed by atoms with Crippen molar-refractivity contribution >= 4 is 45.9 Å². The lowest BCUT2D eigenvalue weighted by molar-refractivity contribution is -0.156. The van der Waals surface area contributed by atoms with E-state index < -0.39 is 41.2 Å². The molecular weight excluding hydrogens is 723 g/mol. The zero-order valence-electron chi connectivity index (χ0n) is 32.5. The predicted octanol–water partition coefficient (Wildman–Crippen LogP) is 5.64. The second-order valence-electron chi connectivity index (χ2n) is 17.3. The van der Waals surface area contributed by atoms with E-state index in [1.54, 1.807) is 24.5 Å². The highest BCUT2D eigenvalue weighted by Crippen LogP contribution is 2.66. The highest BCUT2D eigenvalue weighted by molar-refractivity contribution is 6.01. The standard InChI is InChI=1S/C46H51N3O8/c1-45-16-13-32(50)20-30(45)8-10-33-37-11-12-38(46(37,2)22-39(51)41(33)45)40(52)25-57-44(55)35-21-34(35)43(54)56-18-15-26-3-5-27(6-4-26)36(23-47)42(53)49-31-9-7-29-24-48-17-14-28(29)19-31/h3-7,9,13-14,16-17,19-20,24,33-39,41,51H,8,10-12,15,18,21-23,25,47H2,1-2H3,(H,49,53)/t33-,34?,35?,36?,37?,38+,39-,41?,45-,46-/m0/s1. The van der Waals surface area contributed by atoms with Crippen LogP contribution in [0.3, 0.4) is 0 Å². The van der Waals surface area contributed by atoms with Crippen molar-refractivity contribution in [3.8, 4) is 0 Å². The Balaban J connectivity index is 0.779. The van der Waals surface area contributed by atoms with Crippen LogP contribution in [0, 0.1) is 46.3 Å². The lowest BCUT2D eigenvalue weighted by atomic mass is 9.46. The summed E-state index contributed by atoms with van der Waals surface area (Å²) in [6.45, 7) is 4.18. The van der Waals surface area contributed by atoms with Gasteiger partial charge >= 0.3 is 11.9 Å². The molecule has 4 N–H and O–H groups in total. The van der Waals surface area contributed by atoms with Gasteiger partial charge in [-0.15, -0.1) is 0 Å². The smallest absolute Gasteiger partial charge is 0.310 e. The number of ketones is 2. The van der Waals surface area contributed by atoms with Crippen LogP contribution in [0.25, 0.3) is 10.8 Å². The molecule has 1 aromatic heterocycles. The number of carbonyl (C=O) groups excluding carboxylic acids is 5. The number of hydrogen-bond donors (Lipinski definition) is 3. The molecule has 10 atom stereocenters. The molecule has 8 rings (SSSR count). The zero-order chi connectivity index (χ0) is 40.1. The number of hydrogen-bond acceptors (Lipinski definition) is 10. The van der Waals surface area contributed by atoms with E-state index in [2.05, 4.69) is 24.1 Å². The van der Waals surface area contributed by atoms with Gasteiger partial charge in [-0.25, -0.2) is 0 Å². The molecule has 5 unspecified atom stereocenters. The van der Waals surface area contributed by atoms with Gasteiger partial charge in [0.05, 0.1) is 30.5 Å². The number of carbonyl (C=O) groups is 5. The van der Waals surface area contributed by atoms with Gasteiger partial charge in [0.25, 0.3) is 0 Å². The Morgan fingerprint density at radius 2 is 1.75 bits per heavy atom. The third kappa shape index (κ3) is 7.36. The van der Waals surface area contributed by atoms with E-state index in [0.29, 0.717) is 31.4 Å². The third-order valence-electron chi connectivity index (χ3n) is 14.1. The molecule has 4 fully saturated rings. The summed E-state index contributed by atoms with van der Waals surface area (Å²) in [5, 5.41) is 16.5. The van der Waals surface area contributed by atoms with Crippen molar-refractivity contribution in [2.24, 2.45) is 52.1 Å². The first-order valence-electron chi connectivity index (χ1n) is 20.3. The number of Topliss-reactive ketones (excluding diaryl/α,β-unsaturated/α-hetero) is 1. The van der Waals surface area contributed by atoms with Crippen molar-refractivity contribution in [2.75, 3.05) is 25.1 Å². The predicted molar refractivity (Wildman–Crippen MR) is 212 cm³/mol. The van der Waals surface area contributed by atoms with Crippen molar-refractivity contribution in [3.63, 3.8) is 0 Å². The fraction of sp³-hybridized carbons (Fsp3) is 0.478. The molecule has 1 heterocycles. The fourth-order valence-electron chi connectivity index (χ4n) is 11.0.